The van der Waals surface area contributed by atoms with Crippen LogP contribution in [0.3, 0.4) is 0 Å². The van der Waals surface area contributed by atoms with E-state index < -0.39 is 0 Å². The summed E-state index contributed by atoms with van der Waals surface area (Å²) in [5.74, 6) is 0.508. The van der Waals surface area contributed by atoms with Crippen LogP contribution in [0.1, 0.15) is 24.8 Å². The summed E-state index contributed by atoms with van der Waals surface area (Å²) in [5.41, 5.74) is 6.56. The predicted molar refractivity (Wildman–Crippen MR) is 80.3 cm³/mol. The van der Waals surface area contributed by atoms with Crippen LogP contribution in [-0.4, -0.2) is 30.4 Å². The van der Waals surface area contributed by atoms with Crippen LogP contribution < -0.4 is 5.73 Å². The third-order valence-electron chi connectivity index (χ3n) is 3.67. The van der Waals surface area contributed by atoms with Gasteiger partial charge in [-0.15, -0.1) is 12.4 Å². The van der Waals surface area contributed by atoms with Gasteiger partial charge in [-0.05, 0) is 49.4 Å². The molecule has 0 aliphatic carbocycles. The van der Waals surface area contributed by atoms with Crippen LogP contribution in [0.5, 0.6) is 0 Å². The van der Waals surface area contributed by atoms with E-state index >= 15 is 0 Å². The van der Waals surface area contributed by atoms with E-state index in [4.69, 9.17) is 5.73 Å². The van der Waals surface area contributed by atoms with Crippen molar-refractivity contribution in [2.75, 3.05) is 19.6 Å². The van der Waals surface area contributed by atoms with Crippen LogP contribution in [0.4, 0.5) is 4.39 Å². The summed E-state index contributed by atoms with van der Waals surface area (Å²) in [5, 5.41) is 0. The molecule has 1 fully saturated rings. The monoisotopic (exact) mass is 300 g/mol. The zero-order chi connectivity index (χ0) is 13.7. The maximum atomic E-state index is 12.8. The summed E-state index contributed by atoms with van der Waals surface area (Å²) in [4.78, 5) is 13.8. The number of rotatable bonds is 5. The lowest BCUT2D eigenvalue weighted by Crippen LogP contribution is -2.29. The van der Waals surface area contributed by atoms with Crippen molar-refractivity contribution >= 4 is 18.3 Å². The summed E-state index contributed by atoms with van der Waals surface area (Å²) in [6, 6.07) is 6.64. The van der Waals surface area contributed by atoms with E-state index in [2.05, 4.69) is 0 Å². The Morgan fingerprint density at radius 3 is 2.70 bits per heavy atom. The first-order chi connectivity index (χ1) is 9.19. The zero-order valence-electron chi connectivity index (χ0n) is 11.6. The molecule has 0 radical (unpaired) electrons. The normalized spacial score (nSPS) is 17.9. The molecule has 1 aliphatic heterocycles. The van der Waals surface area contributed by atoms with Crippen LogP contribution >= 0.6 is 12.4 Å². The van der Waals surface area contributed by atoms with Gasteiger partial charge in [-0.1, -0.05) is 12.1 Å². The number of carbonyl (C=O) groups is 1. The van der Waals surface area contributed by atoms with Gasteiger partial charge in [0.05, 0.1) is 0 Å². The molecule has 1 heterocycles. The second-order valence-corrected chi connectivity index (χ2v) is 5.22. The van der Waals surface area contributed by atoms with Gasteiger partial charge >= 0.3 is 0 Å². The minimum atomic E-state index is -0.200. The van der Waals surface area contributed by atoms with Crippen molar-refractivity contribution in [2.45, 2.75) is 25.7 Å². The lowest BCUT2D eigenvalue weighted by molar-refractivity contribution is -0.130. The number of nitrogens with two attached hydrogens (primary N) is 1. The van der Waals surface area contributed by atoms with E-state index in [1.54, 1.807) is 0 Å². The molecule has 1 aliphatic rings. The highest BCUT2D eigenvalue weighted by atomic mass is 35.5. The average Bonchev–Trinajstić information content (AvgIpc) is 2.87. The fourth-order valence-corrected chi connectivity index (χ4v) is 2.59. The van der Waals surface area contributed by atoms with E-state index in [9.17, 15) is 9.18 Å². The second-order valence-electron chi connectivity index (χ2n) is 5.22. The van der Waals surface area contributed by atoms with Gasteiger partial charge in [0.1, 0.15) is 5.82 Å². The minimum absolute atomic E-state index is 0. The predicted octanol–water partition coefficient (Wildman–Crippen LogP) is 2.38. The Morgan fingerprint density at radius 1 is 1.35 bits per heavy atom. The Bertz CT molecular complexity index is 424. The maximum absolute atomic E-state index is 12.8. The molecule has 1 atom stereocenters. The van der Waals surface area contributed by atoms with Crippen LogP contribution in [0.15, 0.2) is 24.3 Å². The van der Waals surface area contributed by atoms with Crippen molar-refractivity contribution in [3.05, 3.63) is 35.6 Å². The van der Waals surface area contributed by atoms with Gasteiger partial charge in [0.25, 0.3) is 0 Å². The van der Waals surface area contributed by atoms with Gasteiger partial charge in [-0.3, -0.25) is 4.79 Å². The number of amides is 1. The summed E-state index contributed by atoms with van der Waals surface area (Å²) in [6.45, 7) is 2.23. The first-order valence-electron chi connectivity index (χ1n) is 6.91. The number of hydrogen-bond acceptors (Lipinski definition) is 2. The minimum Gasteiger partial charge on any atom is -0.342 e. The number of likely N-dealkylation sites (tertiary alicyclic amines) is 1. The quantitative estimate of drug-likeness (QED) is 0.907. The fraction of sp³-hybridized carbons (Fsp3) is 0.533. The van der Waals surface area contributed by atoms with Gasteiger partial charge < -0.3 is 10.6 Å². The van der Waals surface area contributed by atoms with E-state index in [0.717, 1.165) is 37.9 Å². The van der Waals surface area contributed by atoms with Crippen molar-refractivity contribution in [3.8, 4) is 0 Å². The summed E-state index contributed by atoms with van der Waals surface area (Å²) in [7, 11) is 0. The Hall–Kier alpha value is -1.13. The van der Waals surface area contributed by atoms with Gasteiger partial charge in [0.15, 0.2) is 0 Å². The van der Waals surface area contributed by atoms with Crippen molar-refractivity contribution in [3.63, 3.8) is 0 Å². The number of hydrogen-bond donors (Lipinski definition) is 1. The average molecular weight is 301 g/mol. The molecule has 0 saturated carbocycles. The number of carbonyl (C=O) groups excluding carboxylic acids is 1. The lowest BCUT2D eigenvalue weighted by atomic mass is 9.99. The molecule has 1 aromatic carbocycles. The first-order valence-corrected chi connectivity index (χ1v) is 6.91. The molecule has 0 aromatic heterocycles. The van der Waals surface area contributed by atoms with Gasteiger partial charge in [-0.25, -0.2) is 4.39 Å². The van der Waals surface area contributed by atoms with Gasteiger partial charge in [-0.2, -0.15) is 0 Å². The molecule has 20 heavy (non-hydrogen) atoms. The van der Waals surface area contributed by atoms with Crippen LogP contribution in [0.25, 0.3) is 0 Å². The van der Waals surface area contributed by atoms with E-state index in [1.165, 1.54) is 12.1 Å². The molecule has 2 rings (SSSR count). The van der Waals surface area contributed by atoms with Crippen molar-refractivity contribution < 1.29 is 9.18 Å². The highest BCUT2D eigenvalue weighted by molar-refractivity contribution is 5.85. The summed E-state index contributed by atoms with van der Waals surface area (Å²) in [6.07, 6.45) is 3.27. The molecule has 112 valence electrons. The Labute approximate surface area is 125 Å². The smallest absolute Gasteiger partial charge is 0.222 e. The highest BCUT2D eigenvalue weighted by Crippen LogP contribution is 2.21. The second kappa shape index (κ2) is 8.22. The van der Waals surface area contributed by atoms with E-state index in [-0.39, 0.29) is 24.1 Å². The largest absolute Gasteiger partial charge is 0.342 e. The van der Waals surface area contributed by atoms with Crippen LogP contribution in [-0.2, 0) is 11.2 Å². The third kappa shape index (κ3) is 4.76. The molecule has 0 bridgehead atoms. The molecule has 1 unspecified atom stereocenters. The Balaban J connectivity index is 0.00000200. The van der Waals surface area contributed by atoms with Gasteiger partial charge in [0.2, 0.25) is 5.91 Å². The molecular weight excluding hydrogens is 279 g/mol. The van der Waals surface area contributed by atoms with Gasteiger partial charge in [0, 0.05) is 19.5 Å². The molecule has 5 heteroatoms. The topological polar surface area (TPSA) is 46.3 Å². The number of halogens is 2. The van der Waals surface area contributed by atoms with Crippen molar-refractivity contribution in [1.82, 2.24) is 4.90 Å². The van der Waals surface area contributed by atoms with Crippen molar-refractivity contribution in [1.29, 1.82) is 0 Å². The Kier molecular flexibility index (Phi) is 6.96. The Morgan fingerprint density at radius 2 is 2.05 bits per heavy atom. The zero-order valence-corrected chi connectivity index (χ0v) is 12.4. The molecule has 1 saturated heterocycles. The standard InChI is InChI=1S/C15H21FN2O.ClH/c16-14-5-3-12(4-6-14)10-13-7-9-18(11-13)15(19)2-1-8-17;/h3-6,13H,1-2,7-11,17H2;1H. The molecule has 1 aromatic rings. The van der Waals surface area contributed by atoms with Crippen molar-refractivity contribution in [2.24, 2.45) is 11.7 Å². The van der Waals surface area contributed by atoms with E-state index in [1.807, 2.05) is 17.0 Å². The SMILES string of the molecule is Cl.NCCCC(=O)N1CCC(Cc2ccc(F)cc2)C1. The molecular formula is C15H22ClFN2O. The van der Waals surface area contributed by atoms with Crippen LogP contribution in [0.2, 0.25) is 0 Å². The number of benzene rings is 1. The number of nitrogens with zero attached hydrogens (tertiary/aromatic N) is 1. The van der Waals surface area contributed by atoms with Crippen LogP contribution in [0, 0.1) is 11.7 Å². The molecule has 2 N–H and O–H groups in total. The summed E-state index contributed by atoms with van der Waals surface area (Å²) < 4.78 is 12.8. The maximum Gasteiger partial charge on any atom is 0.222 e. The molecule has 3 nitrogen and oxygen atoms in total. The fourth-order valence-electron chi connectivity index (χ4n) is 2.59. The molecule has 0 spiro atoms. The molecule has 1 amide bonds. The summed E-state index contributed by atoms with van der Waals surface area (Å²) >= 11 is 0. The third-order valence-corrected chi connectivity index (χ3v) is 3.67. The van der Waals surface area contributed by atoms with E-state index in [0.29, 0.717) is 18.9 Å². The lowest BCUT2D eigenvalue weighted by Gasteiger charge is -2.16. The highest BCUT2D eigenvalue weighted by Gasteiger charge is 2.25. The first kappa shape index (κ1) is 16.9.